The van der Waals surface area contributed by atoms with Crippen LogP contribution >= 0.6 is 11.6 Å². The highest BCUT2D eigenvalue weighted by Gasteiger charge is 2.28. The smallest absolute Gasteiger partial charge is 0.129 e. The molecule has 0 aromatic carbocycles. The quantitative estimate of drug-likeness (QED) is 0.756. The molecule has 84 valence electrons. The van der Waals surface area contributed by atoms with Crippen molar-refractivity contribution >= 4 is 17.2 Å². The number of allylic oxidation sites excluding steroid dienone is 1. The molecule has 1 aliphatic heterocycles. The Balaban J connectivity index is 1.91. The maximum atomic E-state index is 5.81. The number of nitrogens with one attached hydrogen (secondary N) is 1. The summed E-state index contributed by atoms with van der Waals surface area (Å²) in [5.41, 5.74) is 2.61. The second-order valence-electron chi connectivity index (χ2n) is 4.66. The normalized spacial score (nSPS) is 28.7. The molecule has 3 heteroatoms. The van der Waals surface area contributed by atoms with Gasteiger partial charge in [0.1, 0.15) is 5.15 Å². The summed E-state index contributed by atoms with van der Waals surface area (Å²) in [5.74, 6) is 0.884. The van der Waals surface area contributed by atoms with Gasteiger partial charge in [-0.3, -0.25) is 0 Å². The van der Waals surface area contributed by atoms with Gasteiger partial charge >= 0.3 is 0 Å². The molecule has 0 radical (unpaired) electrons. The van der Waals surface area contributed by atoms with E-state index in [9.17, 15) is 0 Å². The Hall–Kier alpha value is -0.860. The first-order valence-corrected chi connectivity index (χ1v) is 6.26. The van der Waals surface area contributed by atoms with E-state index >= 15 is 0 Å². The predicted molar refractivity (Wildman–Crippen MR) is 66.4 cm³/mol. The summed E-state index contributed by atoms with van der Waals surface area (Å²) in [6.07, 6.45) is 8.06. The average molecular weight is 235 g/mol. The SMILES string of the molecule is Clc1ccc(C2=CCC3CCNC2C3)cn1. The molecule has 1 N–H and O–H groups in total. The Morgan fingerprint density at radius 3 is 3.12 bits per heavy atom. The second kappa shape index (κ2) is 4.19. The lowest BCUT2D eigenvalue weighted by molar-refractivity contribution is 0.329. The third-order valence-electron chi connectivity index (χ3n) is 3.62. The van der Waals surface area contributed by atoms with Crippen LogP contribution < -0.4 is 5.32 Å². The van der Waals surface area contributed by atoms with Crippen molar-refractivity contribution in [3.8, 4) is 0 Å². The molecule has 2 aliphatic rings. The number of nitrogens with zero attached hydrogens (tertiary/aromatic N) is 1. The number of aromatic nitrogens is 1. The van der Waals surface area contributed by atoms with Crippen LogP contribution in [0, 0.1) is 5.92 Å². The number of pyridine rings is 1. The van der Waals surface area contributed by atoms with Gasteiger partial charge in [-0.1, -0.05) is 23.7 Å². The van der Waals surface area contributed by atoms with Crippen molar-refractivity contribution in [3.05, 3.63) is 35.1 Å². The minimum absolute atomic E-state index is 0.524. The largest absolute Gasteiger partial charge is 0.310 e. The number of rotatable bonds is 1. The third-order valence-corrected chi connectivity index (χ3v) is 3.84. The minimum Gasteiger partial charge on any atom is -0.310 e. The van der Waals surface area contributed by atoms with Crippen LogP contribution in [0.25, 0.3) is 5.57 Å². The molecular weight excluding hydrogens is 220 g/mol. The fourth-order valence-electron chi connectivity index (χ4n) is 2.75. The Morgan fingerprint density at radius 1 is 1.38 bits per heavy atom. The van der Waals surface area contributed by atoms with Crippen molar-refractivity contribution in [3.63, 3.8) is 0 Å². The zero-order chi connectivity index (χ0) is 11.0. The summed E-state index contributed by atoms with van der Waals surface area (Å²) in [6.45, 7) is 1.15. The maximum absolute atomic E-state index is 5.81. The Morgan fingerprint density at radius 2 is 2.31 bits per heavy atom. The van der Waals surface area contributed by atoms with E-state index in [2.05, 4.69) is 22.4 Å². The monoisotopic (exact) mass is 234 g/mol. The topological polar surface area (TPSA) is 24.9 Å². The number of fused-ring (bicyclic) bond motifs is 2. The average Bonchev–Trinajstić information content (AvgIpc) is 2.31. The Labute approximate surface area is 101 Å². The van der Waals surface area contributed by atoms with Crippen molar-refractivity contribution in [2.24, 2.45) is 5.92 Å². The second-order valence-corrected chi connectivity index (χ2v) is 5.05. The molecule has 2 heterocycles. The third kappa shape index (κ3) is 1.87. The van der Waals surface area contributed by atoms with Crippen LogP contribution in [0.2, 0.25) is 5.15 Å². The van der Waals surface area contributed by atoms with Gasteiger partial charge in [-0.05, 0) is 48.9 Å². The summed E-state index contributed by atoms with van der Waals surface area (Å²) >= 11 is 5.81. The lowest BCUT2D eigenvalue weighted by Gasteiger charge is -2.35. The first-order chi connectivity index (χ1) is 7.83. The Kier molecular flexibility index (Phi) is 2.70. The van der Waals surface area contributed by atoms with E-state index in [1.807, 2.05) is 12.3 Å². The molecule has 3 rings (SSSR count). The molecule has 1 aromatic rings. The van der Waals surface area contributed by atoms with E-state index in [1.54, 1.807) is 0 Å². The number of piperidine rings is 1. The van der Waals surface area contributed by atoms with Crippen LogP contribution in [0.1, 0.15) is 24.8 Å². The summed E-state index contributed by atoms with van der Waals surface area (Å²) in [4.78, 5) is 4.16. The predicted octanol–water partition coefficient (Wildman–Crippen LogP) is 2.89. The fraction of sp³-hybridized carbons (Fsp3) is 0.462. The van der Waals surface area contributed by atoms with Crippen molar-refractivity contribution in [1.29, 1.82) is 0 Å². The summed E-state index contributed by atoms with van der Waals surface area (Å²) in [6, 6.07) is 4.46. The van der Waals surface area contributed by atoms with Gasteiger partial charge < -0.3 is 5.32 Å². The van der Waals surface area contributed by atoms with Crippen molar-refractivity contribution in [2.45, 2.75) is 25.3 Å². The first kappa shape index (κ1) is 10.3. The van der Waals surface area contributed by atoms with Gasteiger partial charge in [0.25, 0.3) is 0 Å². The van der Waals surface area contributed by atoms with Gasteiger partial charge in [-0.25, -0.2) is 4.98 Å². The molecule has 0 saturated carbocycles. The summed E-state index contributed by atoms with van der Waals surface area (Å²) in [7, 11) is 0. The molecule has 1 saturated heterocycles. The van der Waals surface area contributed by atoms with Gasteiger partial charge in [0.2, 0.25) is 0 Å². The zero-order valence-electron chi connectivity index (χ0n) is 9.12. The van der Waals surface area contributed by atoms with E-state index in [4.69, 9.17) is 11.6 Å². The lowest BCUT2D eigenvalue weighted by Crippen LogP contribution is -2.40. The molecule has 2 nitrogen and oxygen atoms in total. The van der Waals surface area contributed by atoms with Crippen LogP contribution in [0.15, 0.2) is 24.4 Å². The van der Waals surface area contributed by atoms with Gasteiger partial charge in [0.15, 0.2) is 0 Å². The molecule has 1 aromatic heterocycles. The molecule has 1 aliphatic carbocycles. The van der Waals surface area contributed by atoms with E-state index in [0.717, 1.165) is 12.5 Å². The maximum Gasteiger partial charge on any atom is 0.129 e. The minimum atomic E-state index is 0.524. The van der Waals surface area contributed by atoms with Crippen LogP contribution in [0.4, 0.5) is 0 Å². The highest BCUT2D eigenvalue weighted by Crippen LogP contribution is 2.34. The number of hydrogen-bond donors (Lipinski definition) is 1. The summed E-state index contributed by atoms with van der Waals surface area (Å²) in [5, 5.41) is 4.15. The first-order valence-electron chi connectivity index (χ1n) is 5.88. The van der Waals surface area contributed by atoms with Gasteiger partial charge in [0, 0.05) is 12.2 Å². The molecule has 2 bridgehead atoms. The van der Waals surface area contributed by atoms with E-state index in [-0.39, 0.29) is 0 Å². The molecule has 0 spiro atoms. The summed E-state index contributed by atoms with van der Waals surface area (Å²) < 4.78 is 0. The fourth-order valence-corrected chi connectivity index (χ4v) is 2.86. The van der Waals surface area contributed by atoms with Crippen LogP contribution in [-0.2, 0) is 0 Å². The molecular formula is C13H15ClN2. The zero-order valence-corrected chi connectivity index (χ0v) is 9.87. The highest BCUT2D eigenvalue weighted by atomic mass is 35.5. The molecule has 1 fully saturated rings. The van der Waals surface area contributed by atoms with E-state index in [1.165, 1.54) is 30.4 Å². The molecule has 16 heavy (non-hydrogen) atoms. The van der Waals surface area contributed by atoms with Gasteiger partial charge in [0.05, 0.1) is 0 Å². The van der Waals surface area contributed by atoms with E-state index < -0.39 is 0 Å². The van der Waals surface area contributed by atoms with Gasteiger partial charge in [-0.15, -0.1) is 0 Å². The Bertz CT molecular complexity index is 410. The highest BCUT2D eigenvalue weighted by molar-refractivity contribution is 6.29. The van der Waals surface area contributed by atoms with Gasteiger partial charge in [-0.2, -0.15) is 0 Å². The van der Waals surface area contributed by atoms with Crippen molar-refractivity contribution < 1.29 is 0 Å². The van der Waals surface area contributed by atoms with Crippen LogP contribution in [0.5, 0.6) is 0 Å². The lowest BCUT2D eigenvalue weighted by atomic mass is 9.79. The van der Waals surface area contributed by atoms with Crippen LogP contribution in [0.3, 0.4) is 0 Å². The number of halogens is 1. The number of hydrogen-bond acceptors (Lipinski definition) is 2. The standard InChI is InChI=1S/C13H15ClN2/c14-13-4-2-10(8-16-13)11-3-1-9-5-6-15-12(11)7-9/h2-4,8-9,12,15H,1,5-7H2. The molecule has 2 atom stereocenters. The van der Waals surface area contributed by atoms with Crippen molar-refractivity contribution in [1.82, 2.24) is 10.3 Å². The molecule has 2 unspecified atom stereocenters. The van der Waals surface area contributed by atoms with Crippen molar-refractivity contribution in [2.75, 3.05) is 6.54 Å². The molecule has 0 amide bonds. The van der Waals surface area contributed by atoms with Crippen LogP contribution in [-0.4, -0.2) is 17.6 Å². The van der Waals surface area contributed by atoms with E-state index in [0.29, 0.717) is 11.2 Å².